The van der Waals surface area contributed by atoms with Crippen LogP contribution in [0.25, 0.3) is 0 Å². The van der Waals surface area contributed by atoms with E-state index in [0.717, 1.165) is 16.2 Å². The predicted molar refractivity (Wildman–Crippen MR) is 71.2 cm³/mol. The molecule has 0 aliphatic carbocycles. The molecule has 0 aliphatic rings. The van der Waals surface area contributed by atoms with Crippen LogP contribution in [0.2, 0.25) is 0 Å². The van der Waals surface area contributed by atoms with Crippen molar-refractivity contribution in [2.24, 2.45) is 5.73 Å². The highest BCUT2D eigenvalue weighted by Gasteiger charge is 2.01. The molecule has 0 fully saturated rings. The minimum Gasteiger partial charge on any atom is -0.382 e. The Morgan fingerprint density at radius 3 is 2.67 bits per heavy atom. The van der Waals surface area contributed by atoms with Crippen molar-refractivity contribution in [3.8, 4) is 0 Å². The summed E-state index contributed by atoms with van der Waals surface area (Å²) in [7, 11) is 0. The maximum Gasteiger partial charge on any atom is 0.141 e. The van der Waals surface area contributed by atoms with Crippen LogP contribution in [0.1, 0.15) is 11.3 Å². The fourth-order valence-corrected chi connectivity index (χ4v) is 2.25. The molecule has 0 saturated carbocycles. The molecular formula is C13H12FN3S. The van der Waals surface area contributed by atoms with Crippen molar-refractivity contribution in [2.75, 3.05) is 0 Å². The van der Waals surface area contributed by atoms with E-state index >= 15 is 0 Å². The quantitative estimate of drug-likeness (QED) is 0.505. The number of rotatable bonds is 4. The van der Waals surface area contributed by atoms with Gasteiger partial charge in [0.15, 0.2) is 0 Å². The summed E-state index contributed by atoms with van der Waals surface area (Å²) in [6.07, 6.45) is 1.64. The number of nitrogen functional groups attached to an aromatic ring is 1. The Labute approximate surface area is 109 Å². The average molecular weight is 261 g/mol. The maximum absolute atomic E-state index is 12.7. The molecule has 2 aromatic rings. The highest BCUT2D eigenvalue weighted by Crippen LogP contribution is 2.22. The Bertz CT molecular complexity index is 554. The normalized spacial score (nSPS) is 10.3. The van der Waals surface area contributed by atoms with Gasteiger partial charge >= 0.3 is 0 Å². The summed E-state index contributed by atoms with van der Waals surface area (Å²) in [4.78, 5) is 4.99. The smallest absolute Gasteiger partial charge is 0.141 e. The number of nitrogens with one attached hydrogen (secondary N) is 1. The largest absolute Gasteiger partial charge is 0.382 e. The molecule has 1 heterocycles. The number of hydrogen-bond donors (Lipinski definition) is 2. The number of amidine groups is 1. The minimum atomic E-state index is -0.234. The standard InChI is InChI=1S/C13H12FN3S/c14-10-1-3-11(4-2-10)18-8-9-5-6-17-12(7-9)13(15)16/h1-7H,8H2,(H3,15,16). The molecule has 92 valence electrons. The highest BCUT2D eigenvalue weighted by molar-refractivity contribution is 7.98. The van der Waals surface area contributed by atoms with Gasteiger partial charge in [0.05, 0.1) is 0 Å². The van der Waals surface area contributed by atoms with Gasteiger partial charge in [-0.15, -0.1) is 11.8 Å². The van der Waals surface area contributed by atoms with Gasteiger partial charge in [-0.25, -0.2) is 4.39 Å². The van der Waals surface area contributed by atoms with Gasteiger partial charge in [-0.3, -0.25) is 10.4 Å². The molecule has 2 rings (SSSR count). The second kappa shape index (κ2) is 5.64. The van der Waals surface area contributed by atoms with Gasteiger partial charge in [-0.05, 0) is 42.0 Å². The van der Waals surface area contributed by atoms with Crippen molar-refractivity contribution in [2.45, 2.75) is 10.6 Å². The van der Waals surface area contributed by atoms with Crippen LogP contribution in [0, 0.1) is 11.2 Å². The van der Waals surface area contributed by atoms with Gasteiger partial charge in [0.1, 0.15) is 17.3 Å². The lowest BCUT2D eigenvalue weighted by Gasteiger charge is -2.04. The Kier molecular flexibility index (Phi) is 3.94. The van der Waals surface area contributed by atoms with Crippen molar-refractivity contribution < 1.29 is 4.39 Å². The predicted octanol–water partition coefficient (Wildman–Crippen LogP) is 2.80. The van der Waals surface area contributed by atoms with Gasteiger partial charge in [0.25, 0.3) is 0 Å². The van der Waals surface area contributed by atoms with Crippen molar-refractivity contribution in [1.29, 1.82) is 5.41 Å². The molecule has 3 nitrogen and oxygen atoms in total. The zero-order chi connectivity index (χ0) is 13.0. The Hall–Kier alpha value is -1.88. The van der Waals surface area contributed by atoms with Crippen molar-refractivity contribution in [3.05, 3.63) is 59.7 Å². The summed E-state index contributed by atoms with van der Waals surface area (Å²) >= 11 is 1.60. The summed E-state index contributed by atoms with van der Waals surface area (Å²) in [5, 5.41) is 7.32. The molecule has 3 N–H and O–H groups in total. The zero-order valence-electron chi connectivity index (χ0n) is 9.56. The van der Waals surface area contributed by atoms with Gasteiger partial charge in [0.2, 0.25) is 0 Å². The second-order valence-corrected chi connectivity index (χ2v) is 4.75. The number of thioether (sulfide) groups is 1. The molecule has 0 unspecified atom stereocenters. The lowest BCUT2D eigenvalue weighted by Crippen LogP contribution is -2.13. The fourth-order valence-electron chi connectivity index (χ4n) is 1.41. The number of benzene rings is 1. The number of hydrogen-bond acceptors (Lipinski definition) is 3. The molecule has 0 radical (unpaired) electrons. The van der Waals surface area contributed by atoms with Crippen molar-refractivity contribution in [3.63, 3.8) is 0 Å². The van der Waals surface area contributed by atoms with Crippen molar-refractivity contribution in [1.82, 2.24) is 4.98 Å². The van der Waals surface area contributed by atoms with E-state index in [-0.39, 0.29) is 11.7 Å². The fraction of sp³-hybridized carbons (Fsp3) is 0.0769. The number of pyridine rings is 1. The third-order valence-corrected chi connectivity index (χ3v) is 3.40. The molecule has 0 saturated heterocycles. The topological polar surface area (TPSA) is 62.8 Å². The lowest BCUT2D eigenvalue weighted by molar-refractivity contribution is 0.626. The molecular weight excluding hydrogens is 249 g/mol. The first-order valence-electron chi connectivity index (χ1n) is 5.33. The monoisotopic (exact) mass is 261 g/mol. The zero-order valence-corrected chi connectivity index (χ0v) is 10.4. The number of nitrogens with two attached hydrogens (primary N) is 1. The van der Waals surface area contributed by atoms with E-state index in [1.54, 1.807) is 36.2 Å². The van der Waals surface area contributed by atoms with E-state index in [4.69, 9.17) is 11.1 Å². The van der Waals surface area contributed by atoms with Gasteiger partial charge in [-0.2, -0.15) is 0 Å². The first-order valence-corrected chi connectivity index (χ1v) is 6.31. The van der Waals surface area contributed by atoms with E-state index < -0.39 is 0 Å². The molecule has 5 heteroatoms. The third kappa shape index (κ3) is 3.30. The number of nitrogens with zero attached hydrogens (tertiary/aromatic N) is 1. The molecule has 0 amide bonds. The molecule has 18 heavy (non-hydrogen) atoms. The van der Waals surface area contributed by atoms with E-state index in [9.17, 15) is 4.39 Å². The number of aromatic nitrogens is 1. The van der Waals surface area contributed by atoms with Gasteiger partial charge in [-0.1, -0.05) is 0 Å². The summed E-state index contributed by atoms with van der Waals surface area (Å²) in [5.74, 6) is 0.458. The lowest BCUT2D eigenvalue weighted by atomic mass is 10.2. The first-order chi connectivity index (χ1) is 8.65. The SMILES string of the molecule is N=C(N)c1cc(CSc2ccc(F)cc2)ccn1. The Morgan fingerprint density at radius 1 is 1.28 bits per heavy atom. The first kappa shape index (κ1) is 12.6. The third-order valence-electron chi connectivity index (χ3n) is 2.32. The summed E-state index contributed by atoms with van der Waals surface area (Å²) in [6, 6.07) is 10.0. The molecule has 1 aromatic heterocycles. The maximum atomic E-state index is 12.7. The van der Waals surface area contributed by atoms with Gasteiger partial charge in [0, 0.05) is 16.8 Å². The molecule has 0 spiro atoms. The van der Waals surface area contributed by atoms with Crippen LogP contribution in [-0.4, -0.2) is 10.8 Å². The van der Waals surface area contributed by atoms with Crippen LogP contribution in [0.4, 0.5) is 4.39 Å². The average Bonchev–Trinajstić information content (AvgIpc) is 2.38. The second-order valence-electron chi connectivity index (χ2n) is 3.71. The van der Waals surface area contributed by atoms with E-state index in [2.05, 4.69) is 4.98 Å². The Balaban J connectivity index is 2.04. The van der Waals surface area contributed by atoms with Crippen LogP contribution < -0.4 is 5.73 Å². The Morgan fingerprint density at radius 2 is 2.00 bits per heavy atom. The van der Waals surface area contributed by atoms with Crippen LogP contribution in [0.15, 0.2) is 47.5 Å². The van der Waals surface area contributed by atoms with Crippen molar-refractivity contribution >= 4 is 17.6 Å². The molecule has 0 bridgehead atoms. The van der Waals surface area contributed by atoms with E-state index in [0.29, 0.717) is 5.69 Å². The molecule has 0 atom stereocenters. The number of halogens is 1. The summed E-state index contributed by atoms with van der Waals surface area (Å²) in [5.41, 5.74) is 6.89. The van der Waals surface area contributed by atoms with Crippen LogP contribution in [0.5, 0.6) is 0 Å². The van der Waals surface area contributed by atoms with Gasteiger partial charge < -0.3 is 5.73 Å². The van der Waals surface area contributed by atoms with Crippen LogP contribution in [-0.2, 0) is 5.75 Å². The molecule has 1 aromatic carbocycles. The van der Waals surface area contributed by atoms with Crippen LogP contribution in [0.3, 0.4) is 0 Å². The van der Waals surface area contributed by atoms with E-state index in [1.165, 1.54) is 12.1 Å². The summed E-state index contributed by atoms with van der Waals surface area (Å²) in [6.45, 7) is 0. The van der Waals surface area contributed by atoms with Crippen LogP contribution >= 0.6 is 11.8 Å². The highest BCUT2D eigenvalue weighted by atomic mass is 32.2. The summed E-state index contributed by atoms with van der Waals surface area (Å²) < 4.78 is 12.7. The minimum absolute atomic E-state index is 0.0383. The van der Waals surface area contributed by atoms with E-state index in [1.807, 2.05) is 6.07 Å². The molecule has 0 aliphatic heterocycles.